The summed E-state index contributed by atoms with van der Waals surface area (Å²) in [5.41, 5.74) is 3.71. The molecule has 0 aliphatic carbocycles. The number of phosphoric acid groups is 1. The van der Waals surface area contributed by atoms with E-state index in [4.69, 9.17) is 14.5 Å². The average molecular weight is 539 g/mol. The third kappa shape index (κ3) is 5.61. The van der Waals surface area contributed by atoms with E-state index in [0.29, 0.717) is 16.7 Å². The molecule has 0 radical (unpaired) electrons. The minimum absolute atomic E-state index is 0.00437. The van der Waals surface area contributed by atoms with Gasteiger partial charge in [-0.2, -0.15) is 0 Å². The Bertz CT molecular complexity index is 1540. The lowest BCUT2D eigenvalue weighted by Crippen LogP contribution is -2.28. The van der Waals surface area contributed by atoms with Gasteiger partial charge in [0.05, 0.1) is 32.6 Å². The summed E-state index contributed by atoms with van der Waals surface area (Å²) in [6.45, 7) is 3.98. The monoisotopic (exact) mass is 538 g/mol. The van der Waals surface area contributed by atoms with Crippen molar-refractivity contribution in [3.8, 4) is 5.75 Å². The summed E-state index contributed by atoms with van der Waals surface area (Å²) in [7, 11) is -8.57. The molecule has 0 amide bonds. The maximum Gasteiger partial charge on any atom is 0.469 e. The fraction of sp³-hybridized carbons (Fsp3) is 0.286. The molecule has 14 heteroatoms. The van der Waals surface area contributed by atoms with Crippen molar-refractivity contribution in [1.29, 1.82) is 0 Å². The Labute approximate surface area is 205 Å². The zero-order valence-electron chi connectivity index (χ0n) is 19.0. The van der Waals surface area contributed by atoms with Crippen LogP contribution in [0.3, 0.4) is 0 Å². The number of benzene rings is 2. The van der Waals surface area contributed by atoms with Crippen LogP contribution in [0.5, 0.6) is 5.75 Å². The van der Waals surface area contributed by atoms with Crippen LogP contribution in [-0.4, -0.2) is 51.1 Å². The first kappa shape index (κ1) is 25.4. The predicted octanol–water partition coefficient (Wildman–Crippen LogP) is 4.04. The SMILES string of the molecule is CC(C)(C)S(=O)(=O)c1cc2c(Nc3ccc4scnc4c3)ncnc2cc1OCCOP(=O)(O)O. The molecule has 0 atom stereocenters. The fourth-order valence-electron chi connectivity index (χ4n) is 3.20. The molecule has 2 aromatic carbocycles. The van der Waals surface area contributed by atoms with Gasteiger partial charge in [0.15, 0.2) is 9.84 Å². The molecule has 0 bridgehead atoms. The summed E-state index contributed by atoms with van der Waals surface area (Å²) in [6.07, 6.45) is 1.34. The standard InChI is InChI=1S/C21H23N4O7PS2/c1-21(2,3)35(29,30)19-9-14-15(10-17(19)31-6-7-32-33(26,27)28)22-11-23-20(14)25-13-4-5-18-16(8-13)24-12-34-18/h4-5,8-12H,6-7H2,1-3H3,(H,22,23,25)(H2,26,27,28). The predicted molar refractivity (Wildman–Crippen MR) is 133 cm³/mol. The number of anilines is 2. The van der Waals surface area contributed by atoms with Crippen molar-refractivity contribution in [3.05, 3.63) is 42.2 Å². The molecule has 0 saturated heterocycles. The van der Waals surface area contributed by atoms with Crippen LogP contribution in [0.1, 0.15) is 20.8 Å². The number of sulfone groups is 1. The summed E-state index contributed by atoms with van der Waals surface area (Å²) >= 11 is 1.53. The molecule has 4 rings (SSSR count). The van der Waals surface area contributed by atoms with E-state index in [1.54, 1.807) is 26.3 Å². The molecule has 0 spiro atoms. The van der Waals surface area contributed by atoms with Crippen LogP contribution in [0.2, 0.25) is 0 Å². The van der Waals surface area contributed by atoms with Gasteiger partial charge in [-0.05, 0) is 45.0 Å². The third-order valence-corrected chi connectivity index (χ3v) is 8.83. The second-order valence-electron chi connectivity index (χ2n) is 8.49. The van der Waals surface area contributed by atoms with Gasteiger partial charge >= 0.3 is 7.82 Å². The zero-order valence-corrected chi connectivity index (χ0v) is 21.5. The molecule has 2 heterocycles. The lowest BCUT2D eigenvalue weighted by atomic mass is 10.2. The van der Waals surface area contributed by atoms with Gasteiger partial charge in [-0.25, -0.2) is 27.9 Å². The molecule has 0 fully saturated rings. The van der Waals surface area contributed by atoms with Crippen LogP contribution in [0.15, 0.2) is 47.1 Å². The van der Waals surface area contributed by atoms with Crippen LogP contribution < -0.4 is 10.1 Å². The van der Waals surface area contributed by atoms with E-state index in [9.17, 15) is 13.0 Å². The quantitative estimate of drug-likeness (QED) is 0.219. The Morgan fingerprint density at radius 1 is 1.06 bits per heavy atom. The van der Waals surface area contributed by atoms with Crippen molar-refractivity contribution >= 4 is 61.6 Å². The number of phosphoric ester groups is 1. The minimum Gasteiger partial charge on any atom is -0.490 e. The summed E-state index contributed by atoms with van der Waals surface area (Å²) in [5, 5.41) is 3.66. The molecule has 35 heavy (non-hydrogen) atoms. The normalized spacial score (nSPS) is 12.8. The molecule has 0 saturated carbocycles. The highest BCUT2D eigenvalue weighted by atomic mass is 32.2. The number of fused-ring (bicyclic) bond motifs is 2. The molecule has 186 valence electrons. The Morgan fingerprint density at radius 2 is 1.83 bits per heavy atom. The Morgan fingerprint density at radius 3 is 2.54 bits per heavy atom. The second kappa shape index (κ2) is 9.41. The van der Waals surface area contributed by atoms with Gasteiger partial charge < -0.3 is 19.8 Å². The van der Waals surface area contributed by atoms with Gasteiger partial charge in [0.1, 0.15) is 29.4 Å². The minimum atomic E-state index is -4.68. The van der Waals surface area contributed by atoms with Crippen molar-refractivity contribution in [3.63, 3.8) is 0 Å². The second-order valence-corrected chi connectivity index (χ2v) is 13.3. The average Bonchev–Trinajstić information content (AvgIpc) is 3.23. The van der Waals surface area contributed by atoms with Gasteiger partial charge in [0.2, 0.25) is 0 Å². The first-order valence-electron chi connectivity index (χ1n) is 10.3. The van der Waals surface area contributed by atoms with Crippen molar-refractivity contribution in [2.45, 2.75) is 30.4 Å². The fourth-order valence-corrected chi connectivity index (χ4v) is 5.48. The van der Waals surface area contributed by atoms with E-state index in [1.807, 2.05) is 18.2 Å². The van der Waals surface area contributed by atoms with Crippen LogP contribution >= 0.6 is 19.2 Å². The van der Waals surface area contributed by atoms with Gasteiger partial charge in [-0.15, -0.1) is 11.3 Å². The van der Waals surface area contributed by atoms with E-state index >= 15 is 0 Å². The van der Waals surface area contributed by atoms with Crippen LogP contribution in [0, 0.1) is 0 Å². The van der Waals surface area contributed by atoms with E-state index in [2.05, 4.69) is 24.8 Å². The van der Waals surface area contributed by atoms with Crippen molar-refractivity contribution in [2.75, 3.05) is 18.5 Å². The Hall–Kier alpha value is -2.67. The van der Waals surface area contributed by atoms with E-state index < -0.39 is 29.0 Å². The van der Waals surface area contributed by atoms with Gasteiger partial charge in [0, 0.05) is 17.1 Å². The maximum absolute atomic E-state index is 13.4. The lowest BCUT2D eigenvalue weighted by Gasteiger charge is -2.22. The molecule has 2 aromatic heterocycles. The molecular weight excluding hydrogens is 515 g/mol. The summed E-state index contributed by atoms with van der Waals surface area (Å²) in [6, 6.07) is 8.57. The molecular formula is C21H23N4O7PS2. The van der Waals surface area contributed by atoms with Crippen molar-refractivity contribution < 1.29 is 32.0 Å². The summed E-state index contributed by atoms with van der Waals surface area (Å²) < 4.78 is 47.6. The number of hydrogen-bond acceptors (Lipinski definition) is 10. The van der Waals surface area contributed by atoms with E-state index in [-0.39, 0.29) is 17.3 Å². The first-order valence-corrected chi connectivity index (χ1v) is 14.2. The van der Waals surface area contributed by atoms with E-state index in [0.717, 1.165) is 15.9 Å². The Balaban J connectivity index is 1.76. The largest absolute Gasteiger partial charge is 0.490 e. The van der Waals surface area contributed by atoms with Crippen molar-refractivity contribution in [1.82, 2.24) is 15.0 Å². The highest BCUT2D eigenvalue weighted by Crippen LogP contribution is 2.38. The zero-order chi connectivity index (χ0) is 25.4. The summed E-state index contributed by atoms with van der Waals surface area (Å²) in [5.74, 6) is 0.390. The maximum atomic E-state index is 13.4. The highest BCUT2D eigenvalue weighted by Gasteiger charge is 2.34. The van der Waals surface area contributed by atoms with Crippen LogP contribution in [-0.2, 0) is 18.9 Å². The molecule has 0 unspecified atom stereocenters. The number of hydrogen-bond donors (Lipinski definition) is 3. The topological polar surface area (TPSA) is 161 Å². The molecule has 4 aromatic rings. The molecule has 0 aliphatic heterocycles. The van der Waals surface area contributed by atoms with Crippen molar-refractivity contribution in [2.24, 2.45) is 0 Å². The smallest absolute Gasteiger partial charge is 0.469 e. The van der Waals surface area contributed by atoms with E-state index in [1.165, 1.54) is 29.8 Å². The van der Waals surface area contributed by atoms with Crippen LogP contribution in [0.25, 0.3) is 21.1 Å². The number of nitrogens with one attached hydrogen (secondary N) is 1. The first-order chi connectivity index (χ1) is 16.3. The summed E-state index contributed by atoms with van der Waals surface area (Å²) in [4.78, 5) is 30.5. The number of nitrogens with zero attached hydrogens (tertiary/aromatic N) is 3. The van der Waals surface area contributed by atoms with Gasteiger partial charge in [0.25, 0.3) is 0 Å². The van der Waals surface area contributed by atoms with Gasteiger partial charge in [-0.3, -0.25) is 4.52 Å². The molecule has 0 aliphatic rings. The molecule has 3 N–H and O–H groups in total. The lowest BCUT2D eigenvalue weighted by molar-refractivity contribution is 0.159. The van der Waals surface area contributed by atoms with Gasteiger partial charge in [-0.1, -0.05) is 0 Å². The highest BCUT2D eigenvalue weighted by molar-refractivity contribution is 7.92. The number of ether oxygens (including phenoxy) is 1. The Kier molecular flexibility index (Phi) is 6.84. The number of rotatable bonds is 8. The van der Waals surface area contributed by atoms with Crippen LogP contribution in [0.4, 0.5) is 11.5 Å². The number of aromatic nitrogens is 3. The number of thiazole rings is 1. The molecule has 11 nitrogen and oxygen atoms in total. The third-order valence-electron chi connectivity index (χ3n) is 4.99.